The van der Waals surface area contributed by atoms with Crippen LogP contribution in [0.3, 0.4) is 0 Å². The Morgan fingerprint density at radius 2 is 1.81 bits per heavy atom. The lowest BCUT2D eigenvalue weighted by Gasteiger charge is -2.32. The van der Waals surface area contributed by atoms with E-state index in [1.807, 2.05) is 24.3 Å². The number of piperidine rings is 1. The molecular weight excluding hydrogens is 384 g/mol. The lowest BCUT2D eigenvalue weighted by molar-refractivity contribution is 0.101. The standard InChI is InChI=1S/C20H23ClN2O3S/c1-15(24)17-3-2-4-20(13-17)27(25,26)22-19-9-11-23(12-10-19)14-16-5-7-18(21)8-6-16/h2-8,13,19,22H,9-12,14H2,1H3. The van der Waals surface area contributed by atoms with Gasteiger partial charge in [0.15, 0.2) is 5.78 Å². The lowest BCUT2D eigenvalue weighted by Crippen LogP contribution is -2.44. The van der Waals surface area contributed by atoms with E-state index in [0.717, 1.165) is 37.5 Å². The van der Waals surface area contributed by atoms with Crippen molar-refractivity contribution in [2.45, 2.75) is 37.2 Å². The van der Waals surface area contributed by atoms with E-state index in [2.05, 4.69) is 9.62 Å². The minimum atomic E-state index is -3.63. The van der Waals surface area contributed by atoms with Crippen LogP contribution in [0, 0.1) is 0 Å². The van der Waals surface area contributed by atoms with E-state index in [1.54, 1.807) is 12.1 Å². The van der Waals surface area contributed by atoms with Crippen molar-refractivity contribution in [1.29, 1.82) is 0 Å². The summed E-state index contributed by atoms with van der Waals surface area (Å²) in [5.74, 6) is -0.150. The number of halogens is 1. The molecule has 3 rings (SSSR count). The molecule has 0 bridgehead atoms. The van der Waals surface area contributed by atoms with Gasteiger partial charge in [0.05, 0.1) is 4.90 Å². The van der Waals surface area contributed by atoms with Crippen molar-refractivity contribution in [1.82, 2.24) is 9.62 Å². The second-order valence-corrected chi connectivity index (χ2v) is 9.03. The molecule has 2 aromatic carbocycles. The van der Waals surface area contributed by atoms with Gasteiger partial charge in [0.1, 0.15) is 0 Å². The second-order valence-electron chi connectivity index (χ2n) is 6.88. The summed E-state index contributed by atoms with van der Waals surface area (Å²) < 4.78 is 28.0. The van der Waals surface area contributed by atoms with Crippen LogP contribution in [-0.2, 0) is 16.6 Å². The zero-order valence-corrected chi connectivity index (χ0v) is 16.8. The number of likely N-dealkylation sites (tertiary alicyclic amines) is 1. The van der Waals surface area contributed by atoms with E-state index in [9.17, 15) is 13.2 Å². The summed E-state index contributed by atoms with van der Waals surface area (Å²) in [6.45, 7) is 3.90. The molecule has 5 nitrogen and oxygen atoms in total. The molecule has 1 aliphatic heterocycles. The van der Waals surface area contributed by atoms with Crippen molar-refractivity contribution in [2.75, 3.05) is 13.1 Å². The molecule has 1 N–H and O–H groups in total. The van der Waals surface area contributed by atoms with Gasteiger partial charge in [-0.1, -0.05) is 35.9 Å². The molecule has 0 aromatic heterocycles. The van der Waals surface area contributed by atoms with E-state index in [0.29, 0.717) is 5.56 Å². The van der Waals surface area contributed by atoms with E-state index < -0.39 is 10.0 Å². The van der Waals surface area contributed by atoms with Crippen LogP contribution in [0.2, 0.25) is 5.02 Å². The maximum atomic E-state index is 12.6. The molecule has 27 heavy (non-hydrogen) atoms. The highest BCUT2D eigenvalue weighted by Gasteiger charge is 2.25. The van der Waals surface area contributed by atoms with Crippen LogP contribution in [0.5, 0.6) is 0 Å². The van der Waals surface area contributed by atoms with Crippen molar-refractivity contribution in [3.8, 4) is 0 Å². The van der Waals surface area contributed by atoms with Crippen molar-refractivity contribution < 1.29 is 13.2 Å². The quantitative estimate of drug-likeness (QED) is 0.746. The zero-order chi connectivity index (χ0) is 19.4. The maximum absolute atomic E-state index is 12.6. The minimum Gasteiger partial charge on any atom is -0.299 e. The van der Waals surface area contributed by atoms with Gasteiger partial charge >= 0.3 is 0 Å². The molecule has 0 aliphatic carbocycles. The van der Waals surface area contributed by atoms with Crippen LogP contribution in [0.15, 0.2) is 53.4 Å². The van der Waals surface area contributed by atoms with Crippen LogP contribution in [0.4, 0.5) is 0 Å². The van der Waals surface area contributed by atoms with Gasteiger partial charge in [-0.2, -0.15) is 0 Å². The highest BCUT2D eigenvalue weighted by Crippen LogP contribution is 2.18. The predicted molar refractivity (Wildman–Crippen MR) is 107 cm³/mol. The third-order valence-electron chi connectivity index (χ3n) is 4.78. The molecule has 0 radical (unpaired) electrons. The Morgan fingerprint density at radius 1 is 1.15 bits per heavy atom. The molecule has 1 heterocycles. The maximum Gasteiger partial charge on any atom is 0.240 e. The lowest BCUT2D eigenvalue weighted by atomic mass is 10.1. The number of ketones is 1. The topological polar surface area (TPSA) is 66.5 Å². The zero-order valence-electron chi connectivity index (χ0n) is 15.2. The number of benzene rings is 2. The largest absolute Gasteiger partial charge is 0.299 e. The first-order valence-electron chi connectivity index (χ1n) is 8.93. The number of nitrogens with one attached hydrogen (secondary N) is 1. The number of sulfonamides is 1. The average molecular weight is 407 g/mol. The van der Waals surface area contributed by atoms with Crippen LogP contribution in [0.25, 0.3) is 0 Å². The molecule has 0 saturated carbocycles. The molecule has 1 aliphatic rings. The molecule has 7 heteroatoms. The monoisotopic (exact) mass is 406 g/mol. The van der Waals surface area contributed by atoms with E-state index in [4.69, 9.17) is 11.6 Å². The van der Waals surface area contributed by atoms with E-state index in [1.165, 1.54) is 24.6 Å². The van der Waals surface area contributed by atoms with Gasteiger partial charge in [-0.05, 0) is 49.6 Å². The Labute approximate surface area is 165 Å². The number of Topliss-reactive ketones (excluding diaryl/α,β-unsaturated/α-hetero) is 1. The van der Waals surface area contributed by atoms with Crippen molar-refractivity contribution >= 4 is 27.4 Å². The summed E-state index contributed by atoms with van der Waals surface area (Å²) in [6, 6.07) is 13.9. The number of hydrogen-bond acceptors (Lipinski definition) is 4. The summed E-state index contributed by atoms with van der Waals surface area (Å²) >= 11 is 5.92. The fourth-order valence-corrected chi connectivity index (χ4v) is 4.70. The third-order valence-corrected chi connectivity index (χ3v) is 6.55. The molecule has 1 saturated heterocycles. The molecule has 0 spiro atoms. The first-order valence-corrected chi connectivity index (χ1v) is 10.8. The van der Waals surface area contributed by atoms with Crippen molar-refractivity contribution in [3.63, 3.8) is 0 Å². The summed E-state index contributed by atoms with van der Waals surface area (Å²) in [5, 5.41) is 0.723. The molecule has 2 aromatic rings. The number of hydrogen-bond donors (Lipinski definition) is 1. The second kappa shape index (κ2) is 8.52. The van der Waals surface area contributed by atoms with Crippen LogP contribution < -0.4 is 4.72 Å². The SMILES string of the molecule is CC(=O)c1cccc(S(=O)(=O)NC2CCN(Cc3ccc(Cl)cc3)CC2)c1. The van der Waals surface area contributed by atoms with E-state index in [-0.39, 0.29) is 16.7 Å². The van der Waals surface area contributed by atoms with Gasteiger partial charge in [0, 0.05) is 36.3 Å². The molecule has 0 unspecified atom stereocenters. The minimum absolute atomic E-state index is 0.0996. The van der Waals surface area contributed by atoms with Crippen LogP contribution in [-0.4, -0.2) is 38.2 Å². The molecule has 144 valence electrons. The van der Waals surface area contributed by atoms with Crippen LogP contribution in [0.1, 0.15) is 35.7 Å². The van der Waals surface area contributed by atoms with Gasteiger partial charge in [0.2, 0.25) is 10.0 Å². The fourth-order valence-electron chi connectivity index (χ4n) is 3.23. The molecular formula is C20H23ClN2O3S. The Balaban J connectivity index is 1.57. The van der Waals surface area contributed by atoms with Gasteiger partial charge in [0.25, 0.3) is 0 Å². The average Bonchev–Trinajstić information content (AvgIpc) is 2.65. The Kier molecular flexibility index (Phi) is 6.32. The van der Waals surface area contributed by atoms with Gasteiger partial charge in [-0.3, -0.25) is 9.69 Å². The Bertz CT molecular complexity index is 905. The number of rotatable bonds is 6. The number of carbonyl (C=O) groups is 1. The van der Waals surface area contributed by atoms with E-state index >= 15 is 0 Å². The molecule has 1 fully saturated rings. The summed E-state index contributed by atoms with van der Waals surface area (Å²) in [7, 11) is -3.63. The van der Waals surface area contributed by atoms with Gasteiger partial charge in [-0.25, -0.2) is 13.1 Å². The number of nitrogens with zero attached hydrogens (tertiary/aromatic N) is 1. The third kappa shape index (κ3) is 5.39. The summed E-state index contributed by atoms with van der Waals surface area (Å²) in [4.78, 5) is 13.9. The Morgan fingerprint density at radius 3 is 2.44 bits per heavy atom. The van der Waals surface area contributed by atoms with Crippen molar-refractivity contribution in [2.24, 2.45) is 0 Å². The highest BCUT2D eigenvalue weighted by atomic mass is 35.5. The first-order chi connectivity index (χ1) is 12.8. The summed E-state index contributed by atoms with van der Waals surface area (Å²) in [5.41, 5.74) is 1.59. The summed E-state index contributed by atoms with van der Waals surface area (Å²) in [6.07, 6.45) is 1.50. The van der Waals surface area contributed by atoms with Gasteiger partial charge < -0.3 is 0 Å². The predicted octanol–water partition coefficient (Wildman–Crippen LogP) is 3.49. The fraction of sp³-hybridized carbons (Fsp3) is 0.350. The molecule has 0 atom stereocenters. The first kappa shape index (κ1) is 20.0. The van der Waals surface area contributed by atoms with Crippen molar-refractivity contribution in [3.05, 3.63) is 64.7 Å². The number of carbonyl (C=O) groups excluding carboxylic acids is 1. The Hall–Kier alpha value is -1.73. The van der Waals surface area contributed by atoms with Gasteiger partial charge in [-0.15, -0.1) is 0 Å². The molecule has 0 amide bonds. The highest BCUT2D eigenvalue weighted by molar-refractivity contribution is 7.89. The van der Waals surface area contributed by atoms with Crippen LogP contribution >= 0.6 is 11.6 Å². The normalized spacial score (nSPS) is 16.4. The smallest absolute Gasteiger partial charge is 0.240 e.